The highest BCUT2D eigenvalue weighted by atomic mass is 32.2. The number of hydrogen-bond acceptors (Lipinski definition) is 4. The number of thioether (sulfide) groups is 1. The van der Waals surface area contributed by atoms with Gasteiger partial charge in [-0.05, 0) is 24.5 Å². The first kappa shape index (κ1) is 11.7. The molecule has 4 nitrogen and oxygen atoms in total. The largest absolute Gasteiger partial charge is 0.493 e. The zero-order valence-electron chi connectivity index (χ0n) is 8.52. The molecule has 1 rings (SSSR count). The minimum atomic E-state index is -0.982. The van der Waals surface area contributed by atoms with Gasteiger partial charge in [-0.15, -0.1) is 11.8 Å². The van der Waals surface area contributed by atoms with Crippen molar-refractivity contribution in [3.63, 3.8) is 0 Å². The van der Waals surface area contributed by atoms with Gasteiger partial charge in [0.1, 0.15) is 5.94 Å². The predicted octanol–water partition coefficient (Wildman–Crippen LogP) is 2.09. The maximum Gasteiger partial charge on any atom is 0.335 e. The molecule has 0 atom stereocenters. The fourth-order valence-corrected chi connectivity index (χ4v) is 1.29. The van der Waals surface area contributed by atoms with Gasteiger partial charge in [0.05, 0.1) is 12.7 Å². The van der Waals surface area contributed by atoms with Crippen molar-refractivity contribution in [3.8, 4) is 11.5 Å². The third-order valence-corrected chi connectivity index (χ3v) is 2.10. The number of carbonyl (C=O) groups is 1. The molecule has 0 unspecified atom stereocenters. The van der Waals surface area contributed by atoms with Crippen LogP contribution in [0.3, 0.4) is 0 Å². The zero-order valence-corrected chi connectivity index (χ0v) is 9.34. The van der Waals surface area contributed by atoms with Crippen LogP contribution in [0, 0.1) is 0 Å². The van der Waals surface area contributed by atoms with E-state index >= 15 is 0 Å². The first-order valence-corrected chi connectivity index (χ1v) is 5.61. The summed E-state index contributed by atoms with van der Waals surface area (Å²) >= 11 is 1.53. The SMILES string of the molecule is COc1cc(C(=O)O)ccc1OCSC. The summed E-state index contributed by atoms with van der Waals surface area (Å²) in [7, 11) is 1.48. The highest BCUT2D eigenvalue weighted by molar-refractivity contribution is 7.98. The van der Waals surface area contributed by atoms with Gasteiger partial charge in [0.2, 0.25) is 0 Å². The lowest BCUT2D eigenvalue weighted by Crippen LogP contribution is -2.00. The van der Waals surface area contributed by atoms with Gasteiger partial charge in [-0.25, -0.2) is 4.79 Å². The highest BCUT2D eigenvalue weighted by Crippen LogP contribution is 2.28. The predicted molar refractivity (Wildman–Crippen MR) is 59.0 cm³/mol. The van der Waals surface area contributed by atoms with Crippen LogP contribution in [-0.2, 0) is 0 Å². The molecule has 0 bridgehead atoms. The molecule has 0 aliphatic rings. The molecule has 0 spiro atoms. The fourth-order valence-electron chi connectivity index (χ4n) is 1.04. The number of methoxy groups -OCH3 is 1. The van der Waals surface area contributed by atoms with Crippen molar-refractivity contribution in [1.29, 1.82) is 0 Å². The fraction of sp³-hybridized carbons (Fsp3) is 0.300. The molecule has 0 aliphatic heterocycles. The third-order valence-electron chi connectivity index (χ3n) is 1.74. The molecule has 0 amide bonds. The van der Waals surface area contributed by atoms with Crippen LogP contribution in [-0.4, -0.2) is 30.4 Å². The maximum atomic E-state index is 10.7. The van der Waals surface area contributed by atoms with E-state index in [0.29, 0.717) is 17.4 Å². The number of rotatable bonds is 5. The van der Waals surface area contributed by atoms with Crippen LogP contribution in [0.1, 0.15) is 10.4 Å². The summed E-state index contributed by atoms with van der Waals surface area (Å²) in [5.74, 6) is 0.508. The smallest absolute Gasteiger partial charge is 0.335 e. The van der Waals surface area contributed by atoms with E-state index in [1.54, 1.807) is 6.07 Å². The lowest BCUT2D eigenvalue weighted by atomic mass is 10.2. The van der Waals surface area contributed by atoms with Gasteiger partial charge >= 0.3 is 5.97 Å². The Bertz CT molecular complexity index is 351. The molecule has 0 saturated carbocycles. The molecule has 0 aromatic heterocycles. The number of aromatic carboxylic acids is 1. The van der Waals surface area contributed by atoms with Gasteiger partial charge in [-0.3, -0.25) is 0 Å². The number of ether oxygens (including phenoxy) is 2. The average Bonchev–Trinajstić information content (AvgIpc) is 2.25. The minimum Gasteiger partial charge on any atom is -0.493 e. The van der Waals surface area contributed by atoms with Crippen molar-refractivity contribution in [2.75, 3.05) is 19.3 Å². The van der Waals surface area contributed by atoms with Crippen molar-refractivity contribution in [1.82, 2.24) is 0 Å². The van der Waals surface area contributed by atoms with Crippen molar-refractivity contribution >= 4 is 17.7 Å². The topological polar surface area (TPSA) is 55.8 Å². The number of carboxylic acids is 1. The second-order valence-electron chi connectivity index (χ2n) is 2.72. The lowest BCUT2D eigenvalue weighted by molar-refractivity contribution is 0.0696. The van der Waals surface area contributed by atoms with Crippen LogP contribution in [0.25, 0.3) is 0 Å². The quantitative estimate of drug-likeness (QED) is 0.782. The molecule has 1 aromatic rings. The Labute approximate surface area is 92.2 Å². The summed E-state index contributed by atoms with van der Waals surface area (Å²) in [6, 6.07) is 4.52. The molecule has 5 heteroatoms. The van der Waals surface area contributed by atoms with E-state index < -0.39 is 5.97 Å². The third kappa shape index (κ3) is 3.06. The summed E-state index contributed by atoms with van der Waals surface area (Å²) < 4.78 is 10.4. The van der Waals surface area contributed by atoms with Gasteiger partial charge in [-0.1, -0.05) is 0 Å². The Hall–Kier alpha value is -1.36. The van der Waals surface area contributed by atoms with E-state index in [1.165, 1.54) is 31.0 Å². The molecule has 1 N–H and O–H groups in total. The molecular formula is C10H12O4S. The van der Waals surface area contributed by atoms with Gasteiger partial charge in [0.15, 0.2) is 11.5 Å². The van der Waals surface area contributed by atoms with Gasteiger partial charge < -0.3 is 14.6 Å². The Kier molecular flexibility index (Phi) is 4.30. The first-order valence-electron chi connectivity index (χ1n) is 4.22. The molecule has 0 aliphatic carbocycles. The minimum absolute atomic E-state index is 0.184. The summed E-state index contributed by atoms with van der Waals surface area (Å²) in [6.07, 6.45) is 1.91. The Morgan fingerprint density at radius 3 is 2.73 bits per heavy atom. The molecule has 15 heavy (non-hydrogen) atoms. The van der Waals surface area contributed by atoms with E-state index in [9.17, 15) is 4.79 Å². The maximum absolute atomic E-state index is 10.7. The molecular weight excluding hydrogens is 216 g/mol. The second kappa shape index (κ2) is 5.50. The normalized spacial score (nSPS) is 9.73. The van der Waals surface area contributed by atoms with Crippen LogP contribution in [0.15, 0.2) is 18.2 Å². The van der Waals surface area contributed by atoms with E-state index in [-0.39, 0.29) is 5.56 Å². The Morgan fingerprint density at radius 1 is 1.47 bits per heavy atom. The average molecular weight is 228 g/mol. The van der Waals surface area contributed by atoms with E-state index in [4.69, 9.17) is 14.6 Å². The van der Waals surface area contributed by atoms with Crippen LogP contribution in [0.2, 0.25) is 0 Å². The standard InChI is InChI=1S/C10H12O4S/c1-13-9-5-7(10(11)12)3-4-8(9)14-6-15-2/h3-5H,6H2,1-2H3,(H,11,12). The van der Waals surface area contributed by atoms with Gasteiger partial charge in [0, 0.05) is 0 Å². The Balaban J connectivity index is 2.93. The van der Waals surface area contributed by atoms with E-state index in [2.05, 4.69) is 0 Å². The molecule has 1 aromatic carbocycles. The summed E-state index contributed by atoms with van der Waals surface area (Å²) in [5.41, 5.74) is 0.184. The zero-order chi connectivity index (χ0) is 11.3. The van der Waals surface area contributed by atoms with Crippen LogP contribution in [0.5, 0.6) is 11.5 Å². The summed E-state index contributed by atoms with van der Waals surface area (Å²) in [5, 5.41) is 8.77. The molecule has 82 valence electrons. The molecule has 0 heterocycles. The second-order valence-corrected chi connectivity index (χ2v) is 3.53. The highest BCUT2D eigenvalue weighted by Gasteiger charge is 2.09. The molecule has 0 radical (unpaired) electrons. The molecule has 0 saturated heterocycles. The van der Waals surface area contributed by atoms with Crippen LogP contribution < -0.4 is 9.47 Å². The first-order chi connectivity index (χ1) is 7.19. The van der Waals surface area contributed by atoms with Crippen molar-refractivity contribution in [2.45, 2.75) is 0 Å². The molecule has 0 fully saturated rings. The van der Waals surface area contributed by atoms with Crippen molar-refractivity contribution in [3.05, 3.63) is 23.8 Å². The van der Waals surface area contributed by atoms with E-state index in [0.717, 1.165) is 0 Å². The Morgan fingerprint density at radius 2 is 2.20 bits per heavy atom. The van der Waals surface area contributed by atoms with Crippen LogP contribution >= 0.6 is 11.8 Å². The number of benzene rings is 1. The van der Waals surface area contributed by atoms with Crippen molar-refractivity contribution < 1.29 is 19.4 Å². The summed E-state index contributed by atoms with van der Waals surface area (Å²) in [6.45, 7) is 0. The van der Waals surface area contributed by atoms with E-state index in [1.807, 2.05) is 6.26 Å². The number of hydrogen-bond donors (Lipinski definition) is 1. The monoisotopic (exact) mass is 228 g/mol. The van der Waals surface area contributed by atoms with Gasteiger partial charge in [0.25, 0.3) is 0 Å². The van der Waals surface area contributed by atoms with Crippen LogP contribution in [0.4, 0.5) is 0 Å². The van der Waals surface area contributed by atoms with Crippen molar-refractivity contribution in [2.24, 2.45) is 0 Å². The lowest BCUT2D eigenvalue weighted by Gasteiger charge is -2.09. The summed E-state index contributed by atoms with van der Waals surface area (Å²) in [4.78, 5) is 10.7. The van der Waals surface area contributed by atoms with Gasteiger partial charge in [-0.2, -0.15) is 0 Å². The number of carboxylic acid groups (broad SMARTS) is 1.